The molecule has 1 unspecified atom stereocenters. The van der Waals surface area contributed by atoms with Gasteiger partial charge in [0.05, 0.1) is 34.7 Å². The molecule has 38 heavy (non-hydrogen) atoms. The summed E-state index contributed by atoms with van der Waals surface area (Å²) in [6.45, 7) is 2.47. The Morgan fingerprint density at radius 1 is 1.05 bits per heavy atom. The minimum Gasteiger partial charge on any atom is -0.359 e. The van der Waals surface area contributed by atoms with Crippen molar-refractivity contribution in [1.29, 1.82) is 0 Å². The number of imidazole rings is 1. The van der Waals surface area contributed by atoms with Crippen LogP contribution in [0, 0.1) is 5.92 Å². The van der Waals surface area contributed by atoms with Crippen molar-refractivity contribution in [3.63, 3.8) is 0 Å². The predicted octanol–water partition coefficient (Wildman–Crippen LogP) is 6.54. The number of hydrogen-bond donors (Lipinski definition) is 1. The molecule has 2 heterocycles. The molecule has 204 valence electrons. The molecule has 0 saturated heterocycles. The van der Waals surface area contributed by atoms with E-state index in [1.807, 2.05) is 24.3 Å². The fourth-order valence-corrected chi connectivity index (χ4v) is 7.40. The Kier molecular flexibility index (Phi) is 7.55. The summed E-state index contributed by atoms with van der Waals surface area (Å²) in [5.41, 5.74) is 1.89. The van der Waals surface area contributed by atoms with Crippen molar-refractivity contribution in [1.82, 2.24) is 14.3 Å². The summed E-state index contributed by atoms with van der Waals surface area (Å²) in [7, 11) is -4.04. The van der Waals surface area contributed by atoms with Gasteiger partial charge in [-0.1, -0.05) is 43.9 Å². The molecule has 0 bridgehead atoms. The van der Waals surface area contributed by atoms with Crippen LogP contribution in [0.15, 0.2) is 66.0 Å². The zero-order valence-corrected chi connectivity index (χ0v) is 22.2. The summed E-state index contributed by atoms with van der Waals surface area (Å²) in [5, 5.41) is 0. The largest absolute Gasteiger partial charge is 0.416 e. The smallest absolute Gasteiger partial charge is 0.359 e. The van der Waals surface area contributed by atoms with Gasteiger partial charge in [-0.25, -0.2) is 13.4 Å². The van der Waals surface area contributed by atoms with Crippen LogP contribution in [0.25, 0.3) is 0 Å². The quantitative estimate of drug-likeness (QED) is 0.365. The van der Waals surface area contributed by atoms with Gasteiger partial charge in [0.15, 0.2) is 0 Å². The third-order valence-corrected chi connectivity index (χ3v) is 9.84. The highest BCUT2D eigenvalue weighted by atomic mass is 32.2. The third kappa shape index (κ3) is 5.47. The van der Waals surface area contributed by atoms with Crippen LogP contribution in [0.2, 0.25) is 0 Å². The molecule has 2 atom stereocenters. The van der Waals surface area contributed by atoms with E-state index in [0.717, 1.165) is 54.1 Å². The van der Waals surface area contributed by atoms with E-state index in [1.54, 1.807) is 12.5 Å². The number of H-pyrrole nitrogens is 1. The minimum absolute atomic E-state index is 0.0825. The summed E-state index contributed by atoms with van der Waals surface area (Å²) < 4.78 is 68.5. The van der Waals surface area contributed by atoms with Gasteiger partial charge in [-0.3, -0.25) is 0 Å². The van der Waals surface area contributed by atoms with Crippen molar-refractivity contribution in [3.8, 4) is 0 Å². The number of aromatic nitrogens is 2. The number of halogens is 3. The fraction of sp³-hybridized carbons (Fsp3) is 0.464. The fourth-order valence-electron chi connectivity index (χ4n) is 5.95. The van der Waals surface area contributed by atoms with Crippen LogP contribution in [0.1, 0.15) is 68.3 Å². The van der Waals surface area contributed by atoms with Crippen molar-refractivity contribution in [3.05, 3.63) is 77.9 Å². The Hall–Kier alpha value is -2.85. The lowest BCUT2D eigenvalue weighted by Gasteiger charge is -2.38. The second-order valence-corrected chi connectivity index (χ2v) is 12.4. The van der Waals surface area contributed by atoms with Crippen molar-refractivity contribution in [2.24, 2.45) is 5.92 Å². The molecule has 0 radical (unpaired) electrons. The average molecular weight is 547 g/mol. The molecule has 1 N–H and O–H groups in total. The van der Waals surface area contributed by atoms with Gasteiger partial charge < -0.3 is 9.88 Å². The van der Waals surface area contributed by atoms with E-state index >= 15 is 0 Å². The molecule has 6 nitrogen and oxygen atoms in total. The molecule has 0 amide bonds. The molecule has 2 aromatic carbocycles. The summed E-state index contributed by atoms with van der Waals surface area (Å²) in [4.78, 5) is 9.59. The summed E-state index contributed by atoms with van der Waals surface area (Å²) in [6, 6.07) is 11.4. The SMILES string of the molecule is C[C@@H](c1cnc[nH]1)N1c2ccccc2CN(S(=O)(=O)c2ccc(C(F)(F)F)cc2)CC1CCC1CCCC1. The van der Waals surface area contributed by atoms with Crippen LogP contribution in [-0.4, -0.2) is 35.3 Å². The molecule has 1 aromatic heterocycles. The first-order valence-corrected chi connectivity index (χ1v) is 14.6. The summed E-state index contributed by atoms with van der Waals surface area (Å²) in [6.07, 6.45) is 5.61. The Balaban J connectivity index is 1.52. The van der Waals surface area contributed by atoms with Gasteiger partial charge in [-0.15, -0.1) is 0 Å². The molecule has 1 aliphatic carbocycles. The van der Waals surface area contributed by atoms with E-state index in [4.69, 9.17) is 0 Å². The molecule has 10 heteroatoms. The number of nitrogens with zero attached hydrogens (tertiary/aromatic N) is 3. The number of alkyl halides is 3. The zero-order valence-electron chi connectivity index (χ0n) is 21.4. The number of hydrogen-bond acceptors (Lipinski definition) is 4. The number of anilines is 1. The molecule has 5 rings (SSSR count). The maximum Gasteiger partial charge on any atom is 0.416 e. The van der Waals surface area contributed by atoms with Crippen LogP contribution in [0.3, 0.4) is 0 Å². The average Bonchev–Trinajstić information content (AvgIpc) is 3.59. The van der Waals surface area contributed by atoms with Crippen LogP contribution in [-0.2, 0) is 22.7 Å². The highest BCUT2D eigenvalue weighted by molar-refractivity contribution is 7.89. The lowest BCUT2D eigenvalue weighted by atomic mass is 9.96. The molecule has 1 saturated carbocycles. The molecule has 3 aromatic rings. The van der Waals surface area contributed by atoms with Gasteiger partial charge in [0.2, 0.25) is 10.0 Å². The number of para-hydroxylation sites is 1. The molecule has 1 fully saturated rings. The maximum atomic E-state index is 13.8. The number of nitrogens with one attached hydrogen (secondary N) is 1. The molecule has 1 aliphatic heterocycles. The standard InChI is InChI=1S/C28H33F3N4O2S/c1-20(26-16-32-19-33-26)35-24(13-10-21-6-2-3-7-21)18-34(17-22-8-4-5-9-27(22)35)38(36,37)25-14-11-23(12-15-25)28(29,30)31/h4-5,8-9,11-12,14-16,19-21,24H,2-3,6-7,10,13,17-18H2,1H3,(H,32,33)/t20-,24?/m0/s1. The van der Waals surface area contributed by atoms with E-state index in [-0.39, 0.29) is 30.1 Å². The monoisotopic (exact) mass is 546 g/mol. The third-order valence-electron chi connectivity index (χ3n) is 8.01. The number of rotatable bonds is 7. The van der Waals surface area contributed by atoms with Crippen LogP contribution in [0.5, 0.6) is 0 Å². The van der Waals surface area contributed by atoms with Gasteiger partial charge >= 0.3 is 6.18 Å². The van der Waals surface area contributed by atoms with Crippen molar-refractivity contribution >= 4 is 15.7 Å². The second-order valence-electron chi connectivity index (χ2n) is 10.4. The van der Waals surface area contributed by atoms with Crippen molar-refractivity contribution in [2.75, 3.05) is 11.4 Å². The van der Waals surface area contributed by atoms with E-state index in [1.165, 1.54) is 30.0 Å². The van der Waals surface area contributed by atoms with Crippen molar-refractivity contribution in [2.45, 2.75) is 75.1 Å². The lowest BCUT2D eigenvalue weighted by molar-refractivity contribution is -0.137. The van der Waals surface area contributed by atoms with Crippen LogP contribution < -0.4 is 4.90 Å². The molecule has 2 aliphatic rings. The normalized spacial score (nSPS) is 20.3. The molecular formula is C28H33F3N4O2S. The first kappa shape index (κ1) is 26.7. The van der Waals surface area contributed by atoms with E-state index in [2.05, 4.69) is 21.8 Å². The first-order valence-electron chi connectivity index (χ1n) is 13.2. The van der Waals surface area contributed by atoms with Crippen molar-refractivity contribution < 1.29 is 21.6 Å². The molecule has 0 spiro atoms. The van der Waals surface area contributed by atoms with Crippen LogP contribution >= 0.6 is 0 Å². The Morgan fingerprint density at radius 3 is 2.42 bits per heavy atom. The van der Waals surface area contributed by atoms with Gasteiger partial charge in [0, 0.05) is 24.8 Å². The van der Waals surface area contributed by atoms with Crippen LogP contribution in [0.4, 0.5) is 18.9 Å². The summed E-state index contributed by atoms with van der Waals surface area (Å²) in [5.74, 6) is 0.637. The van der Waals surface area contributed by atoms with Gasteiger partial charge in [-0.05, 0) is 61.6 Å². The zero-order chi connectivity index (χ0) is 26.9. The second kappa shape index (κ2) is 10.7. The first-order chi connectivity index (χ1) is 18.1. The lowest BCUT2D eigenvalue weighted by Crippen LogP contribution is -2.45. The minimum atomic E-state index is -4.53. The maximum absolute atomic E-state index is 13.8. The molecular weight excluding hydrogens is 513 g/mol. The van der Waals surface area contributed by atoms with E-state index < -0.39 is 21.8 Å². The highest BCUT2D eigenvalue weighted by Crippen LogP contribution is 2.39. The van der Waals surface area contributed by atoms with Gasteiger partial charge in [0.25, 0.3) is 0 Å². The highest BCUT2D eigenvalue weighted by Gasteiger charge is 2.38. The Bertz CT molecular complexity index is 1320. The Labute approximate surface area is 221 Å². The van der Waals surface area contributed by atoms with E-state index in [9.17, 15) is 21.6 Å². The number of fused-ring (bicyclic) bond motifs is 1. The number of aromatic amines is 1. The predicted molar refractivity (Wildman–Crippen MR) is 140 cm³/mol. The summed E-state index contributed by atoms with van der Waals surface area (Å²) >= 11 is 0. The van der Waals surface area contributed by atoms with Gasteiger partial charge in [0.1, 0.15) is 0 Å². The van der Waals surface area contributed by atoms with Gasteiger partial charge in [-0.2, -0.15) is 17.5 Å². The number of benzene rings is 2. The Morgan fingerprint density at radius 2 is 1.76 bits per heavy atom. The topological polar surface area (TPSA) is 69.3 Å². The van der Waals surface area contributed by atoms with E-state index in [0.29, 0.717) is 5.92 Å². The number of sulfonamides is 1.